The van der Waals surface area contributed by atoms with Crippen molar-refractivity contribution in [3.63, 3.8) is 0 Å². The maximum absolute atomic E-state index is 12.6. The van der Waals surface area contributed by atoms with Crippen molar-refractivity contribution in [3.05, 3.63) is 64.8 Å². The Balaban J connectivity index is 1.21. The van der Waals surface area contributed by atoms with Crippen LogP contribution in [0.1, 0.15) is 11.1 Å². The van der Waals surface area contributed by atoms with E-state index < -0.39 is 11.7 Å². The SMILES string of the molecule is Cn1c(Cl)cc2cc(CNC(=O)N3CC(COc4ccc(C(F)(F)F)cc4)C3)ccc21. The topological polar surface area (TPSA) is 46.5 Å². The van der Waals surface area contributed by atoms with Crippen LogP contribution in [-0.2, 0) is 19.8 Å². The van der Waals surface area contributed by atoms with E-state index in [1.807, 2.05) is 35.9 Å². The minimum atomic E-state index is -4.36. The first-order valence-corrected chi connectivity index (χ1v) is 10.1. The Labute approximate surface area is 182 Å². The van der Waals surface area contributed by atoms with E-state index in [0.29, 0.717) is 37.1 Å². The molecule has 5 nitrogen and oxygen atoms in total. The number of benzene rings is 2. The molecule has 0 atom stereocenters. The molecule has 164 valence electrons. The number of rotatable bonds is 5. The molecule has 0 unspecified atom stereocenters. The molecule has 1 aliphatic rings. The molecule has 1 N–H and O–H groups in total. The third-order valence-corrected chi connectivity index (χ3v) is 5.77. The molecule has 2 amide bonds. The number of nitrogens with zero attached hydrogens (tertiary/aromatic N) is 2. The van der Waals surface area contributed by atoms with Gasteiger partial charge in [-0.1, -0.05) is 17.7 Å². The number of urea groups is 1. The molecule has 1 saturated heterocycles. The highest BCUT2D eigenvalue weighted by molar-refractivity contribution is 6.30. The molecular weight excluding hydrogens is 431 g/mol. The molecule has 0 radical (unpaired) electrons. The summed E-state index contributed by atoms with van der Waals surface area (Å²) in [6.07, 6.45) is -4.36. The van der Waals surface area contributed by atoms with Crippen molar-refractivity contribution in [1.82, 2.24) is 14.8 Å². The summed E-state index contributed by atoms with van der Waals surface area (Å²) in [4.78, 5) is 14.0. The van der Waals surface area contributed by atoms with Gasteiger partial charge < -0.3 is 19.5 Å². The summed E-state index contributed by atoms with van der Waals surface area (Å²) in [5.41, 5.74) is 1.30. The average molecular weight is 452 g/mol. The number of carbonyl (C=O) groups is 1. The fourth-order valence-corrected chi connectivity index (χ4v) is 3.77. The van der Waals surface area contributed by atoms with Crippen LogP contribution in [0.15, 0.2) is 48.5 Å². The molecule has 0 saturated carbocycles. The van der Waals surface area contributed by atoms with Crippen LogP contribution in [0.5, 0.6) is 5.75 Å². The number of fused-ring (bicyclic) bond motifs is 1. The lowest BCUT2D eigenvalue weighted by Gasteiger charge is -2.38. The number of hydrogen-bond donors (Lipinski definition) is 1. The number of nitrogens with one attached hydrogen (secondary N) is 1. The monoisotopic (exact) mass is 451 g/mol. The molecule has 4 rings (SSSR count). The minimum absolute atomic E-state index is 0.149. The van der Waals surface area contributed by atoms with Gasteiger partial charge in [0.25, 0.3) is 0 Å². The minimum Gasteiger partial charge on any atom is -0.493 e. The summed E-state index contributed by atoms with van der Waals surface area (Å²) < 4.78 is 45.2. The van der Waals surface area contributed by atoms with E-state index in [2.05, 4.69) is 5.32 Å². The fourth-order valence-electron chi connectivity index (χ4n) is 3.56. The molecule has 2 heterocycles. The van der Waals surface area contributed by atoms with E-state index >= 15 is 0 Å². The second-order valence-corrected chi connectivity index (χ2v) is 8.07. The molecular formula is C22H21ClF3N3O2. The number of halogens is 4. The summed E-state index contributed by atoms with van der Waals surface area (Å²) >= 11 is 6.13. The van der Waals surface area contributed by atoms with Gasteiger partial charge in [0.2, 0.25) is 0 Å². The second-order valence-electron chi connectivity index (χ2n) is 7.68. The number of aromatic nitrogens is 1. The van der Waals surface area contributed by atoms with Gasteiger partial charge in [0.05, 0.1) is 12.2 Å². The van der Waals surface area contributed by atoms with Crippen molar-refractivity contribution in [2.24, 2.45) is 13.0 Å². The maximum atomic E-state index is 12.6. The fraction of sp³-hybridized carbons (Fsp3) is 0.318. The van der Waals surface area contributed by atoms with Crippen LogP contribution in [0.4, 0.5) is 18.0 Å². The summed E-state index contributed by atoms with van der Waals surface area (Å²) in [6, 6.07) is 12.3. The van der Waals surface area contributed by atoms with E-state index in [1.54, 1.807) is 4.90 Å². The van der Waals surface area contributed by atoms with Crippen molar-refractivity contribution in [1.29, 1.82) is 0 Å². The largest absolute Gasteiger partial charge is 0.493 e. The Bertz CT molecular complexity index is 1090. The zero-order chi connectivity index (χ0) is 22.2. The normalized spacial score (nSPS) is 14.5. The van der Waals surface area contributed by atoms with Crippen molar-refractivity contribution < 1.29 is 22.7 Å². The van der Waals surface area contributed by atoms with Gasteiger partial charge in [0.1, 0.15) is 10.9 Å². The van der Waals surface area contributed by atoms with Gasteiger partial charge in [-0.15, -0.1) is 0 Å². The highest BCUT2D eigenvalue weighted by atomic mass is 35.5. The Morgan fingerprint density at radius 1 is 1.16 bits per heavy atom. The molecule has 2 aromatic carbocycles. The molecule has 0 bridgehead atoms. The Morgan fingerprint density at radius 3 is 2.55 bits per heavy atom. The van der Waals surface area contributed by atoms with Crippen LogP contribution in [0, 0.1) is 5.92 Å². The molecule has 1 aromatic heterocycles. The number of hydrogen-bond acceptors (Lipinski definition) is 2. The first-order chi connectivity index (χ1) is 14.7. The molecule has 1 fully saturated rings. The van der Waals surface area contributed by atoms with Crippen LogP contribution in [-0.4, -0.2) is 35.2 Å². The van der Waals surface area contributed by atoms with Gasteiger partial charge in [0.15, 0.2) is 0 Å². The number of amides is 2. The van der Waals surface area contributed by atoms with E-state index in [-0.39, 0.29) is 11.9 Å². The van der Waals surface area contributed by atoms with E-state index in [9.17, 15) is 18.0 Å². The Morgan fingerprint density at radius 2 is 1.87 bits per heavy atom. The molecule has 31 heavy (non-hydrogen) atoms. The van der Waals surface area contributed by atoms with Crippen molar-refractivity contribution in [2.75, 3.05) is 19.7 Å². The average Bonchev–Trinajstić information content (AvgIpc) is 2.98. The smallest absolute Gasteiger partial charge is 0.416 e. The van der Waals surface area contributed by atoms with Crippen molar-refractivity contribution in [2.45, 2.75) is 12.7 Å². The summed E-state index contributed by atoms with van der Waals surface area (Å²) in [6.45, 7) is 1.84. The summed E-state index contributed by atoms with van der Waals surface area (Å²) in [5, 5.41) is 4.57. The highest BCUT2D eigenvalue weighted by Gasteiger charge is 2.32. The van der Waals surface area contributed by atoms with Gasteiger partial charge >= 0.3 is 12.2 Å². The lowest BCUT2D eigenvalue weighted by atomic mass is 10.0. The standard InChI is InChI=1S/C22H21ClF3N3O2/c1-28-19-7-2-14(8-16(19)9-20(28)23)10-27-21(30)29-11-15(12-29)13-31-18-5-3-17(4-6-18)22(24,25)26/h2-9,15H,10-13H2,1H3,(H,27,30). The van der Waals surface area contributed by atoms with Crippen LogP contribution in [0.25, 0.3) is 10.9 Å². The third kappa shape index (κ3) is 4.74. The molecule has 9 heteroatoms. The van der Waals surface area contributed by atoms with Gasteiger partial charge in [-0.3, -0.25) is 0 Å². The predicted molar refractivity (Wildman–Crippen MR) is 112 cm³/mol. The van der Waals surface area contributed by atoms with E-state index in [1.165, 1.54) is 12.1 Å². The van der Waals surface area contributed by atoms with Gasteiger partial charge in [-0.2, -0.15) is 13.2 Å². The Hall–Kier alpha value is -2.87. The van der Waals surface area contributed by atoms with E-state index in [4.69, 9.17) is 16.3 Å². The Kier molecular flexibility index (Phi) is 5.75. The van der Waals surface area contributed by atoms with Crippen LogP contribution in [0.3, 0.4) is 0 Å². The van der Waals surface area contributed by atoms with Crippen molar-refractivity contribution >= 4 is 28.5 Å². The first-order valence-electron chi connectivity index (χ1n) is 9.77. The molecule has 0 aliphatic carbocycles. The number of likely N-dealkylation sites (tertiary alicyclic amines) is 1. The van der Waals surface area contributed by atoms with Crippen molar-refractivity contribution in [3.8, 4) is 5.75 Å². The zero-order valence-electron chi connectivity index (χ0n) is 16.7. The highest BCUT2D eigenvalue weighted by Crippen LogP contribution is 2.30. The zero-order valence-corrected chi connectivity index (χ0v) is 17.5. The van der Waals surface area contributed by atoms with Crippen LogP contribution < -0.4 is 10.1 Å². The van der Waals surface area contributed by atoms with Crippen LogP contribution >= 0.6 is 11.6 Å². The number of alkyl halides is 3. The second kappa shape index (κ2) is 8.34. The van der Waals surface area contributed by atoms with Crippen LogP contribution in [0.2, 0.25) is 5.15 Å². The molecule has 0 spiro atoms. The summed E-state index contributed by atoms with van der Waals surface area (Å²) in [5.74, 6) is 0.531. The van der Waals surface area contributed by atoms with Gasteiger partial charge in [-0.05, 0) is 48.0 Å². The maximum Gasteiger partial charge on any atom is 0.416 e. The summed E-state index contributed by atoms with van der Waals surface area (Å²) in [7, 11) is 1.90. The van der Waals surface area contributed by atoms with E-state index in [0.717, 1.165) is 28.6 Å². The third-order valence-electron chi connectivity index (χ3n) is 5.40. The molecule has 3 aromatic rings. The molecule has 1 aliphatic heterocycles. The first kappa shape index (κ1) is 21.4. The number of aryl methyl sites for hydroxylation is 1. The van der Waals surface area contributed by atoms with Gasteiger partial charge in [-0.25, -0.2) is 4.79 Å². The quantitative estimate of drug-likeness (QED) is 0.588. The number of carbonyl (C=O) groups excluding carboxylic acids is 1. The predicted octanol–water partition coefficient (Wildman–Crippen LogP) is 5.07. The lowest BCUT2D eigenvalue weighted by molar-refractivity contribution is -0.137. The lowest BCUT2D eigenvalue weighted by Crippen LogP contribution is -2.55. The van der Waals surface area contributed by atoms with Gasteiger partial charge in [0, 0.05) is 43.5 Å². The number of ether oxygens (including phenoxy) is 1.